The van der Waals surface area contributed by atoms with Crippen LogP contribution in [0, 0.1) is 5.82 Å². The minimum Gasteiger partial charge on any atom is -0.364 e. The van der Waals surface area contributed by atoms with Crippen LogP contribution in [0.3, 0.4) is 0 Å². The van der Waals surface area contributed by atoms with Gasteiger partial charge in [-0.05, 0) is 52.3 Å². The Labute approximate surface area is 122 Å². The molecule has 0 aliphatic heterocycles. The van der Waals surface area contributed by atoms with Crippen LogP contribution in [0.1, 0.15) is 10.5 Å². The second kappa shape index (κ2) is 4.72. The molecule has 0 spiro atoms. The number of nitrogens with two attached hydrogens (primary N) is 1. The Morgan fingerprint density at radius 3 is 2.55 bits per heavy atom. The van der Waals surface area contributed by atoms with E-state index in [0.29, 0.717) is 16.9 Å². The molecule has 0 saturated carbocycles. The van der Waals surface area contributed by atoms with Crippen LogP contribution in [0.4, 0.5) is 4.39 Å². The number of halogens is 2. The molecule has 3 rings (SSSR count). The molecule has 2 aromatic heterocycles. The molecular formula is C14H9BrFN3O. The van der Waals surface area contributed by atoms with Crippen molar-refractivity contribution in [2.45, 2.75) is 0 Å². The molecule has 1 amide bonds. The fraction of sp³-hybridized carbons (Fsp3) is 0. The number of primary amides is 1. The van der Waals surface area contributed by atoms with Gasteiger partial charge >= 0.3 is 0 Å². The predicted molar refractivity (Wildman–Crippen MR) is 76.8 cm³/mol. The standard InChI is InChI=1S/C14H9BrFN3O/c15-9-3-6-11-18-12(8-1-4-10(16)5-2-8)13(14(17)20)19(11)7-9/h1-7H,(H2,17,20). The quantitative estimate of drug-likeness (QED) is 0.783. The van der Waals surface area contributed by atoms with Gasteiger partial charge in [0.05, 0.1) is 0 Å². The number of nitrogens with zero attached hydrogens (tertiary/aromatic N) is 2. The first-order chi connectivity index (χ1) is 9.56. The maximum Gasteiger partial charge on any atom is 0.268 e. The summed E-state index contributed by atoms with van der Waals surface area (Å²) in [6, 6.07) is 9.36. The monoisotopic (exact) mass is 333 g/mol. The maximum atomic E-state index is 13.0. The average molecular weight is 334 g/mol. The van der Waals surface area contributed by atoms with E-state index in [2.05, 4.69) is 20.9 Å². The number of fused-ring (bicyclic) bond motifs is 1. The molecule has 100 valence electrons. The Morgan fingerprint density at radius 2 is 1.90 bits per heavy atom. The van der Waals surface area contributed by atoms with Crippen LogP contribution >= 0.6 is 15.9 Å². The molecule has 4 nitrogen and oxygen atoms in total. The van der Waals surface area contributed by atoms with E-state index in [9.17, 15) is 9.18 Å². The number of pyridine rings is 1. The summed E-state index contributed by atoms with van der Waals surface area (Å²) in [7, 11) is 0. The summed E-state index contributed by atoms with van der Waals surface area (Å²) < 4.78 is 15.4. The van der Waals surface area contributed by atoms with E-state index in [0.717, 1.165) is 4.47 Å². The minimum atomic E-state index is -0.588. The molecule has 2 N–H and O–H groups in total. The fourth-order valence-electron chi connectivity index (χ4n) is 2.06. The number of imidazole rings is 1. The van der Waals surface area contributed by atoms with Gasteiger partial charge in [0.25, 0.3) is 5.91 Å². The van der Waals surface area contributed by atoms with Gasteiger partial charge in [0, 0.05) is 16.2 Å². The van der Waals surface area contributed by atoms with Gasteiger partial charge in [0.2, 0.25) is 0 Å². The highest BCUT2D eigenvalue weighted by Crippen LogP contribution is 2.25. The highest BCUT2D eigenvalue weighted by atomic mass is 79.9. The van der Waals surface area contributed by atoms with Crippen molar-refractivity contribution in [2.75, 3.05) is 0 Å². The number of hydrogen-bond acceptors (Lipinski definition) is 2. The van der Waals surface area contributed by atoms with Crippen LogP contribution in [0.25, 0.3) is 16.9 Å². The van der Waals surface area contributed by atoms with Gasteiger partial charge in [-0.3, -0.25) is 9.20 Å². The zero-order valence-electron chi connectivity index (χ0n) is 10.2. The van der Waals surface area contributed by atoms with E-state index >= 15 is 0 Å². The number of carbonyl (C=O) groups excluding carboxylic acids is 1. The summed E-state index contributed by atoms with van der Waals surface area (Å²) >= 11 is 3.34. The lowest BCUT2D eigenvalue weighted by molar-refractivity contribution is 0.0995. The molecule has 0 unspecified atom stereocenters. The van der Waals surface area contributed by atoms with Crippen LogP contribution < -0.4 is 5.73 Å². The molecule has 0 saturated heterocycles. The molecule has 6 heteroatoms. The molecule has 0 aliphatic rings. The Hall–Kier alpha value is -2.21. The summed E-state index contributed by atoms with van der Waals surface area (Å²) in [6.45, 7) is 0. The van der Waals surface area contributed by atoms with Gasteiger partial charge in [-0.1, -0.05) is 0 Å². The summed E-state index contributed by atoms with van der Waals surface area (Å²) in [4.78, 5) is 16.1. The highest BCUT2D eigenvalue weighted by molar-refractivity contribution is 9.10. The van der Waals surface area contributed by atoms with E-state index in [1.807, 2.05) is 6.07 Å². The first kappa shape index (κ1) is 12.8. The average Bonchev–Trinajstić information content (AvgIpc) is 2.78. The fourth-order valence-corrected chi connectivity index (χ4v) is 2.40. The van der Waals surface area contributed by atoms with E-state index in [-0.39, 0.29) is 11.5 Å². The maximum absolute atomic E-state index is 13.0. The summed E-state index contributed by atoms with van der Waals surface area (Å²) in [5.74, 6) is -0.934. The number of benzene rings is 1. The third kappa shape index (κ3) is 2.08. The molecular weight excluding hydrogens is 325 g/mol. The Bertz CT molecular complexity index is 811. The van der Waals surface area contributed by atoms with E-state index in [1.54, 1.807) is 28.8 Å². The van der Waals surface area contributed by atoms with E-state index < -0.39 is 5.91 Å². The third-order valence-corrected chi connectivity index (χ3v) is 3.40. The van der Waals surface area contributed by atoms with E-state index in [1.165, 1.54) is 12.1 Å². The molecule has 0 bridgehead atoms. The lowest BCUT2D eigenvalue weighted by Crippen LogP contribution is -2.15. The van der Waals surface area contributed by atoms with Crippen LogP contribution in [0.5, 0.6) is 0 Å². The van der Waals surface area contributed by atoms with Crippen molar-refractivity contribution in [3.63, 3.8) is 0 Å². The topological polar surface area (TPSA) is 60.4 Å². The van der Waals surface area contributed by atoms with Crippen molar-refractivity contribution in [1.82, 2.24) is 9.38 Å². The summed E-state index contributed by atoms with van der Waals surface area (Å²) in [6.07, 6.45) is 1.72. The molecule has 3 aromatic rings. The summed E-state index contributed by atoms with van der Waals surface area (Å²) in [5.41, 5.74) is 7.40. The second-order valence-electron chi connectivity index (χ2n) is 4.26. The first-order valence-corrected chi connectivity index (χ1v) is 6.59. The second-order valence-corrected chi connectivity index (χ2v) is 5.17. The normalized spacial score (nSPS) is 10.9. The Kier molecular flexibility index (Phi) is 3.02. The van der Waals surface area contributed by atoms with Crippen molar-refractivity contribution in [3.05, 3.63) is 58.6 Å². The number of amides is 1. The molecule has 0 aliphatic carbocycles. The van der Waals surface area contributed by atoms with Crippen LogP contribution in [-0.2, 0) is 0 Å². The first-order valence-electron chi connectivity index (χ1n) is 5.79. The number of rotatable bonds is 2. The van der Waals surface area contributed by atoms with Gasteiger partial charge in [0.1, 0.15) is 22.9 Å². The zero-order valence-corrected chi connectivity index (χ0v) is 11.8. The molecule has 0 atom stereocenters. The number of aromatic nitrogens is 2. The summed E-state index contributed by atoms with van der Waals surface area (Å²) in [5, 5.41) is 0. The molecule has 1 aromatic carbocycles. The molecule has 0 radical (unpaired) electrons. The van der Waals surface area contributed by atoms with Gasteiger partial charge in [-0.2, -0.15) is 0 Å². The van der Waals surface area contributed by atoms with Crippen LogP contribution in [0.15, 0.2) is 47.1 Å². The number of hydrogen-bond donors (Lipinski definition) is 1. The van der Waals surface area contributed by atoms with Crippen molar-refractivity contribution in [2.24, 2.45) is 5.73 Å². The third-order valence-electron chi connectivity index (χ3n) is 2.93. The van der Waals surface area contributed by atoms with Crippen molar-refractivity contribution in [1.29, 1.82) is 0 Å². The minimum absolute atomic E-state index is 0.271. The number of carbonyl (C=O) groups is 1. The highest BCUT2D eigenvalue weighted by Gasteiger charge is 2.18. The lowest BCUT2D eigenvalue weighted by Gasteiger charge is -2.01. The van der Waals surface area contributed by atoms with Gasteiger partial charge < -0.3 is 5.73 Å². The molecule has 2 heterocycles. The largest absolute Gasteiger partial charge is 0.364 e. The van der Waals surface area contributed by atoms with Crippen molar-refractivity contribution in [3.8, 4) is 11.3 Å². The molecule has 0 fully saturated rings. The van der Waals surface area contributed by atoms with Gasteiger partial charge in [-0.15, -0.1) is 0 Å². The molecule has 20 heavy (non-hydrogen) atoms. The van der Waals surface area contributed by atoms with Crippen LogP contribution in [-0.4, -0.2) is 15.3 Å². The van der Waals surface area contributed by atoms with Crippen molar-refractivity contribution < 1.29 is 9.18 Å². The van der Waals surface area contributed by atoms with Gasteiger partial charge in [-0.25, -0.2) is 9.37 Å². The predicted octanol–water partition coefficient (Wildman–Crippen LogP) is 3.00. The van der Waals surface area contributed by atoms with Crippen LogP contribution in [0.2, 0.25) is 0 Å². The Balaban J connectivity index is 2.32. The lowest BCUT2D eigenvalue weighted by atomic mass is 10.1. The smallest absolute Gasteiger partial charge is 0.268 e. The van der Waals surface area contributed by atoms with Crippen molar-refractivity contribution >= 4 is 27.5 Å². The zero-order chi connectivity index (χ0) is 14.3. The Morgan fingerprint density at radius 1 is 1.20 bits per heavy atom. The van der Waals surface area contributed by atoms with E-state index in [4.69, 9.17) is 5.73 Å². The SMILES string of the molecule is NC(=O)c1c(-c2ccc(F)cc2)nc2ccc(Br)cn12. The van der Waals surface area contributed by atoms with Gasteiger partial charge in [0.15, 0.2) is 0 Å².